The van der Waals surface area contributed by atoms with Crippen molar-refractivity contribution in [3.05, 3.63) is 94.2 Å². The lowest BCUT2D eigenvalue weighted by Gasteiger charge is -2.34. The number of benzene rings is 3. The molecule has 1 N–H and O–H groups in total. The minimum Gasteiger partial charge on any atom is -0.350 e. The van der Waals surface area contributed by atoms with E-state index in [-0.39, 0.29) is 29.5 Å². The predicted molar refractivity (Wildman–Crippen MR) is 159 cm³/mol. The zero-order valence-corrected chi connectivity index (χ0v) is 25.7. The largest absolute Gasteiger partial charge is 0.350 e. The average molecular weight is 633 g/mol. The molecule has 0 fully saturated rings. The van der Waals surface area contributed by atoms with Gasteiger partial charge >= 0.3 is 0 Å². The van der Waals surface area contributed by atoms with E-state index in [4.69, 9.17) is 0 Å². The van der Waals surface area contributed by atoms with E-state index >= 15 is 0 Å². The second-order valence-electron chi connectivity index (χ2n) is 10.6. The number of carbonyl (C=O) groups is 2. The first-order valence-corrected chi connectivity index (χ1v) is 15.2. The van der Waals surface area contributed by atoms with E-state index in [1.54, 1.807) is 55.5 Å². The highest BCUT2D eigenvalue weighted by Gasteiger charge is 2.34. The van der Waals surface area contributed by atoms with Crippen LogP contribution >= 0.6 is 15.9 Å². The molecule has 0 aliphatic heterocycles. The molecular weight excluding hydrogens is 597 g/mol. The first-order valence-electron chi connectivity index (χ1n) is 12.9. The molecule has 2 amide bonds. The summed E-state index contributed by atoms with van der Waals surface area (Å²) < 4.78 is 43.1. The van der Waals surface area contributed by atoms with Gasteiger partial charge in [0.05, 0.1) is 10.6 Å². The maximum Gasteiger partial charge on any atom is 0.264 e. The molecule has 0 bridgehead atoms. The van der Waals surface area contributed by atoms with Crippen molar-refractivity contribution in [2.75, 3.05) is 10.8 Å². The summed E-state index contributed by atoms with van der Waals surface area (Å²) in [7, 11) is -4.16. The molecule has 1 unspecified atom stereocenters. The van der Waals surface area contributed by atoms with Crippen LogP contribution in [-0.2, 0) is 26.2 Å². The van der Waals surface area contributed by atoms with Crippen LogP contribution in [0.25, 0.3) is 0 Å². The number of halogens is 2. The van der Waals surface area contributed by atoms with Crippen LogP contribution in [0.2, 0.25) is 0 Å². The molecule has 0 saturated heterocycles. The summed E-state index contributed by atoms with van der Waals surface area (Å²) in [5.41, 5.74) is 1.24. The molecule has 0 saturated carbocycles. The average Bonchev–Trinajstić information content (AvgIpc) is 2.87. The lowest BCUT2D eigenvalue weighted by Crippen LogP contribution is -2.55. The van der Waals surface area contributed by atoms with Gasteiger partial charge in [-0.3, -0.25) is 13.9 Å². The minimum absolute atomic E-state index is 0.00785. The van der Waals surface area contributed by atoms with Gasteiger partial charge in [0.2, 0.25) is 11.8 Å². The number of amides is 2. The van der Waals surface area contributed by atoms with Gasteiger partial charge in [0.25, 0.3) is 10.0 Å². The van der Waals surface area contributed by atoms with Crippen LogP contribution in [-0.4, -0.2) is 43.3 Å². The third-order valence-corrected chi connectivity index (χ3v) is 8.42. The van der Waals surface area contributed by atoms with Crippen LogP contribution in [0, 0.1) is 12.7 Å². The van der Waals surface area contributed by atoms with Gasteiger partial charge in [-0.15, -0.1) is 0 Å². The van der Waals surface area contributed by atoms with Gasteiger partial charge in [0.15, 0.2) is 0 Å². The third-order valence-electron chi connectivity index (χ3n) is 6.13. The van der Waals surface area contributed by atoms with E-state index in [1.165, 1.54) is 29.2 Å². The molecule has 0 aliphatic carbocycles. The quantitative estimate of drug-likeness (QED) is 0.306. The van der Waals surface area contributed by atoms with E-state index in [2.05, 4.69) is 21.2 Å². The van der Waals surface area contributed by atoms with E-state index in [0.717, 1.165) is 9.87 Å². The number of anilines is 1. The molecule has 0 aliphatic rings. The van der Waals surface area contributed by atoms with Gasteiger partial charge in [0.1, 0.15) is 18.4 Å². The smallest absolute Gasteiger partial charge is 0.264 e. The zero-order valence-electron chi connectivity index (χ0n) is 23.3. The molecule has 7 nitrogen and oxygen atoms in total. The zero-order chi connectivity index (χ0) is 29.7. The number of sulfonamides is 1. The van der Waals surface area contributed by atoms with Crippen molar-refractivity contribution < 1.29 is 22.4 Å². The number of nitrogens with zero attached hydrogens (tertiary/aromatic N) is 2. The van der Waals surface area contributed by atoms with Crippen LogP contribution in [0.5, 0.6) is 0 Å². The van der Waals surface area contributed by atoms with Gasteiger partial charge in [0, 0.05) is 16.6 Å². The fraction of sp³-hybridized carbons (Fsp3) is 0.333. The number of carbonyl (C=O) groups excluding carboxylic acids is 2. The molecular formula is C30H35BrFN3O4S. The number of nitrogens with one attached hydrogen (secondary N) is 1. The molecule has 0 radical (unpaired) electrons. The van der Waals surface area contributed by atoms with Crippen LogP contribution < -0.4 is 9.62 Å². The molecule has 1 atom stereocenters. The molecule has 10 heteroatoms. The van der Waals surface area contributed by atoms with Gasteiger partial charge in [-0.1, -0.05) is 58.7 Å². The number of rotatable bonds is 10. The van der Waals surface area contributed by atoms with Crippen LogP contribution in [0.3, 0.4) is 0 Å². The topological polar surface area (TPSA) is 86.8 Å². The van der Waals surface area contributed by atoms with Crippen LogP contribution in [0.4, 0.5) is 10.1 Å². The lowest BCUT2D eigenvalue weighted by atomic mass is 10.1. The van der Waals surface area contributed by atoms with Gasteiger partial charge < -0.3 is 10.2 Å². The second kappa shape index (κ2) is 13.0. The highest BCUT2D eigenvalue weighted by molar-refractivity contribution is 9.10. The minimum atomic E-state index is -4.16. The summed E-state index contributed by atoms with van der Waals surface area (Å²) in [4.78, 5) is 28.8. The van der Waals surface area contributed by atoms with E-state index in [9.17, 15) is 22.4 Å². The standard InChI is InChI=1S/C30H35BrFN3O4S/c1-6-27(29(37)33-30(3,4)5)34(19-22-12-14-24(32)15-13-22)28(36)20-35(25-9-7-8-23(31)18-25)40(38,39)26-16-10-21(2)11-17-26/h7-18,27H,6,19-20H2,1-5H3,(H,33,37). The van der Waals surface area contributed by atoms with Gasteiger partial charge in [-0.2, -0.15) is 0 Å². The Balaban J connectivity index is 2.07. The summed E-state index contributed by atoms with van der Waals surface area (Å²) in [6, 6.07) is 17.8. The monoisotopic (exact) mass is 631 g/mol. The van der Waals surface area contributed by atoms with Crippen molar-refractivity contribution >= 4 is 43.5 Å². The Morgan fingerprint density at radius 3 is 2.17 bits per heavy atom. The van der Waals surface area contributed by atoms with E-state index in [1.807, 2.05) is 27.7 Å². The van der Waals surface area contributed by atoms with E-state index < -0.39 is 39.9 Å². The Bertz CT molecular complexity index is 1440. The Morgan fingerprint density at radius 1 is 1.00 bits per heavy atom. The number of aryl methyl sites for hydroxylation is 1. The normalized spacial score (nSPS) is 12.5. The Labute approximate surface area is 244 Å². The molecule has 3 aromatic rings. The molecule has 214 valence electrons. The summed E-state index contributed by atoms with van der Waals surface area (Å²) in [5, 5.41) is 2.92. The molecule has 0 spiro atoms. The van der Waals surface area contributed by atoms with Crippen molar-refractivity contribution in [3.8, 4) is 0 Å². The van der Waals surface area contributed by atoms with E-state index in [0.29, 0.717) is 10.0 Å². The Kier molecular flexibility index (Phi) is 10.1. The maximum absolute atomic E-state index is 14.0. The van der Waals surface area contributed by atoms with Crippen molar-refractivity contribution in [3.63, 3.8) is 0 Å². The highest BCUT2D eigenvalue weighted by atomic mass is 79.9. The third kappa shape index (κ3) is 8.14. The highest BCUT2D eigenvalue weighted by Crippen LogP contribution is 2.27. The second-order valence-corrected chi connectivity index (χ2v) is 13.4. The van der Waals surface area contributed by atoms with Gasteiger partial charge in [-0.05, 0) is 82.1 Å². The predicted octanol–water partition coefficient (Wildman–Crippen LogP) is 5.81. The molecule has 0 heterocycles. The fourth-order valence-corrected chi connectivity index (χ4v) is 5.95. The summed E-state index contributed by atoms with van der Waals surface area (Å²) in [6.45, 7) is 8.60. The summed E-state index contributed by atoms with van der Waals surface area (Å²) >= 11 is 3.39. The van der Waals surface area contributed by atoms with Crippen molar-refractivity contribution in [2.24, 2.45) is 0 Å². The number of hydrogen-bond acceptors (Lipinski definition) is 4. The summed E-state index contributed by atoms with van der Waals surface area (Å²) in [6.07, 6.45) is 0.288. The maximum atomic E-state index is 14.0. The molecule has 0 aromatic heterocycles. The lowest BCUT2D eigenvalue weighted by molar-refractivity contribution is -0.141. The Morgan fingerprint density at radius 2 is 1.62 bits per heavy atom. The van der Waals surface area contributed by atoms with Crippen LogP contribution in [0.1, 0.15) is 45.2 Å². The van der Waals surface area contributed by atoms with Crippen molar-refractivity contribution in [1.29, 1.82) is 0 Å². The first-order chi connectivity index (χ1) is 18.7. The van der Waals surface area contributed by atoms with Gasteiger partial charge in [-0.25, -0.2) is 12.8 Å². The van der Waals surface area contributed by atoms with Crippen molar-refractivity contribution in [1.82, 2.24) is 10.2 Å². The fourth-order valence-electron chi connectivity index (χ4n) is 4.16. The Hall–Kier alpha value is -3.24. The SMILES string of the molecule is CCC(C(=O)NC(C)(C)C)N(Cc1ccc(F)cc1)C(=O)CN(c1cccc(Br)c1)S(=O)(=O)c1ccc(C)cc1. The molecule has 3 rings (SSSR count). The number of hydrogen-bond donors (Lipinski definition) is 1. The molecule has 3 aromatic carbocycles. The molecule has 40 heavy (non-hydrogen) atoms. The summed E-state index contributed by atoms with van der Waals surface area (Å²) in [5.74, 6) is -1.36. The first kappa shape index (κ1) is 31.3. The van der Waals surface area contributed by atoms with Crippen LogP contribution in [0.15, 0.2) is 82.2 Å². The van der Waals surface area contributed by atoms with Crippen molar-refractivity contribution in [2.45, 2.75) is 64.1 Å².